The number of fused-ring (bicyclic) bond motifs is 1. The summed E-state index contributed by atoms with van der Waals surface area (Å²) in [7, 11) is 0. The smallest absolute Gasteiger partial charge is 0.492 e. The average molecular weight is 386 g/mol. The molecule has 1 atom stereocenters. The molecule has 2 aromatic rings. The molecule has 1 amide bonds. The first-order chi connectivity index (χ1) is 12.3. The highest BCUT2D eigenvalue weighted by Gasteiger charge is 2.31. The van der Waals surface area contributed by atoms with Crippen LogP contribution in [0.4, 0.5) is 13.2 Å². The maximum atomic E-state index is 12.3. The first kappa shape index (κ1) is 18.4. The predicted molar refractivity (Wildman–Crippen MR) is 89.1 cm³/mol. The minimum Gasteiger partial charge on any atom is -0.492 e. The van der Waals surface area contributed by atoms with Crippen LogP contribution >= 0.6 is 11.6 Å². The first-order valence-corrected chi connectivity index (χ1v) is 8.21. The van der Waals surface area contributed by atoms with Crippen molar-refractivity contribution in [2.24, 2.45) is 5.92 Å². The number of halogens is 4. The number of carbonyl (C=O) groups is 1. The molecule has 0 bridgehead atoms. The van der Waals surface area contributed by atoms with Gasteiger partial charge in [-0.15, -0.1) is 13.2 Å². The summed E-state index contributed by atoms with van der Waals surface area (Å²) >= 11 is 5.96. The summed E-state index contributed by atoms with van der Waals surface area (Å²) in [6.45, 7) is 0.461. The summed E-state index contributed by atoms with van der Waals surface area (Å²) in [5, 5.41) is 3.35. The van der Waals surface area contributed by atoms with E-state index in [-0.39, 0.29) is 30.7 Å². The molecular weight excluding hydrogens is 371 g/mol. The Balaban J connectivity index is 1.54. The molecule has 4 nitrogen and oxygen atoms in total. The Labute approximate surface area is 152 Å². The van der Waals surface area contributed by atoms with Gasteiger partial charge in [0.25, 0.3) is 0 Å². The summed E-state index contributed by atoms with van der Waals surface area (Å²) < 4.78 is 45.8. The fourth-order valence-corrected chi connectivity index (χ4v) is 2.87. The summed E-state index contributed by atoms with van der Waals surface area (Å²) in [5.41, 5.74) is 1.53. The second-order valence-corrected chi connectivity index (χ2v) is 6.31. The van der Waals surface area contributed by atoms with E-state index in [9.17, 15) is 18.0 Å². The van der Waals surface area contributed by atoms with E-state index in [1.165, 1.54) is 24.3 Å². The van der Waals surface area contributed by atoms with Crippen molar-refractivity contribution in [1.82, 2.24) is 5.32 Å². The van der Waals surface area contributed by atoms with E-state index < -0.39 is 6.36 Å². The van der Waals surface area contributed by atoms with Crippen LogP contribution in [0.2, 0.25) is 5.02 Å². The lowest BCUT2D eigenvalue weighted by atomic mass is 9.96. The summed E-state index contributed by atoms with van der Waals surface area (Å²) in [6, 6.07) is 10.6. The van der Waals surface area contributed by atoms with Crippen molar-refractivity contribution >= 4 is 17.5 Å². The maximum absolute atomic E-state index is 12.3. The van der Waals surface area contributed by atoms with Crippen LogP contribution in [-0.4, -0.2) is 18.9 Å². The van der Waals surface area contributed by atoms with E-state index in [1.807, 2.05) is 0 Å². The topological polar surface area (TPSA) is 47.6 Å². The van der Waals surface area contributed by atoms with E-state index in [2.05, 4.69) is 10.1 Å². The zero-order valence-corrected chi connectivity index (χ0v) is 14.2. The molecule has 0 spiro atoms. The fourth-order valence-electron chi connectivity index (χ4n) is 2.67. The first-order valence-electron chi connectivity index (χ1n) is 7.84. The van der Waals surface area contributed by atoms with Gasteiger partial charge in [0.05, 0.1) is 5.92 Å². The zero-order valence-electron chi connectivity index (χ0n) is 13.5. The molecule has 1 aliphatic heterocycles. The number of alkyl halides is 3. The van der Waals surface area contributed by atoms with Gasteiger partial charge in [0.15, 0.2) is 0 Å². The van der Waals surface area contributed by atoms with Gasteiger partial charge in [0.1, 0.15) is 18.1 Å². The van der Waals surface area contributed by atoms with Gasteiger partial charge in [-0.3, -0.25) is 4.79 Å². The Morgan fingerprint density at radius 3 is 2.65 bits per heavy atom. The van der Waals surface area contributed by atoms with Gasteiger partial charge >= 0.3 is 6.36 Å². The van der Waals surface area contributed by atoms with Crippen molar-refractivity contribution < 1.29 is 27.4 Å². The number of benzene rings is 2. The summed E-state index contributed by atoms with van der Waals surface area (Å²) in [4.78, 5) is 12.3. The third-order valence-electron chi connectivity index (χ3n) is 3.92. The van der Waals surface area contributed by atoms with Crippen LogP contribution in [-0.2, 0) is 17.8 Å². The lowest BCUT2D eigenvalue weighted by Crippen LogP contribution is -2.37. The molecule has 8 heteroatoms. The van der Waals surface area contributed by atoms with Crippen molar-refractivity contribution in [1.29, 1.82) is 0 Å². The molecular formula is C18H15ClF3NO3. The van der Waals surface area contributed by atoms with Crippen molar-refractivity contribution in [2.75, 3.05) is 6.61 Å². The van der Waals surface area contributed by atoms with Crippen LogP contribution in [0.3, 0.4) is 0 Å². The van der Waals surface area contributed by atoms with E-state index in [0.29, 0.717) is 17.0 Å². The van der Waals surface area contributed by atoms with Gasteiger partial charge in [0.2, 0.25) is 5.91 Å². The van der Waals surface area contributed by atoms with Gasteiger partial charge in [-0.1, -0.05) is 23.7 Å². The highest BCUT2D eigenvalue weighted by atomic mass is 35.5. The molecule has 3 rings (SSSR count). The van der Waals surface area contributed by atoms with E-state index in [0.717, 1.165) is 11.3 Å². The molecule has 26 heavy (non-hydrogen) atoms. The lowest BCUT2D eigenvalue weighted by molar-refractivity contribution is -0.274. The van der Waals surface area contributed by atoms with Gasteiger partial charge < -0.3 is 14.8 Å². The average Bonchev–Trinajstić information content (AvgIpc) is 2.59. The Kier molecular flexibility index (Phi) is 5.27. The number of carbonyl (C=O) groups excluding carboxylic acids is 1. The van der Waals surface area contributed by atoms with E-state index >= 15 is 0 Å². The normalized spacial score (nSPS) is 16.4. The second-order valence-electron chi connectivity index (χ2n) is 5.87. The van der Waals surface area contributed by atoms with Gasteiger partial charge in [-0.2, -0.15) is 0 Å². The van der Waals surface area contributed by atoms with Crippen molar-refractivity contribution in [2.45, 2.75) is 19.3 Å². The third kappa shape index (κ3) is 4.82. The Morgan fingerprint density at radius 2 is 1.96 bits per heavy atom. The minimum absolute atomic E-state index is 0.189. The molecule has 0 radical (unpaired) electrons. The molecule has 0 saturated heterocycles. The Hall–Kier alpha value is -2.41. The van der Waals surface area contributed by atoms with Gasteiger partial charge in [-0.05, 0) is 47.9 Å². The van der Waals surface area contributed by atoms with Gasteiger partial charge in [0, 0.05) is 11.6 Å². The molecule has 0 saturated carbocycles. The zero-order chi connectivity index (χ0) is 18.7. The van der Waals surface area contributed by atoms with E-state index in [4.69, 9.17) is 16.3 Å². The van der Waals surface area contributed by atoms with Crippen LogP contribution in [0.15, 0.2) is 42.5 Å². The highest BCUT2D eigenvalue weighted by molar-refractivity contribution is 6.30. The van der Waals surface area contributed by atoms with Crippen LogP contribution in [0, 0.1) is 5.92 Å². The predicted octanol–water partition coefficient (Wildman–Crippen LogP) is 4.11. The monoisotopic (exact) mass is 385 g/mol. The van der Waals surface area contributed by atoms with Crippen LogP contribution < -0.4 is 14.8 Å². The number of hydrogen-bond donors (Lipinski definition) is 1. The summed E-state index contributed by atoms with van der Waals surface area (Å²) in [6.07, 6.45) is -4.21. The molecule has 138 valence electrons. The number of rotatable bonds is 4. The molecule has 0 fully saturated rings. The molecule has 1 N–H and O–H groups in total. The molecule has 0 aromatic heterocycles. The summed E-state index contributed by atoms with van der Waals surface area (Å²) in [5.74, 6) is -0.125. The molecule has 0 unspecified atom stereocenters. The maximum Gasteiger partial charge on any atom is 0.573 e. The van der Waals surface area contributed by atoms with Crippen molar-refractivity contribution in [3.05, 3.63) is 58.6 Å². The van der Waals surface area contributed by atoms with Crippen LogP contribution in [0.1, 0.15) is 11.1 Å². The highest BCUT2D eigenvalue weighted by Crippen LogP contribution is 2.30. The molecule has 0 aliphatic carbocycles. The van der Waals surface area contributed by atoms with E-state index in [1.54, 1.807) is 18.2 Å². The standard InChI is InChI=1S/C18H15ClF3NO3/c19-14-3-6-16-12(8-14)7-13(10-25-16)17(24)23-9-11-1-4-15(5-2-11)26-18(20,21)22/h1-6,8,13H,7,9-10H2,(H,23,24)/t13-/m0/s1. The lowest BCUT2D eigenvalue weighted by Gasteiger charge is -2.24. The SMILES string of the molecule is O=C(NCc1ccc(OC(F)(F)F)cc1)[C@@H]1COc2ccc(Cl)cc2C1. The van der Waals surface area contributed by atoms with Crippen LogP contribution in [0.25, 0.3) is 0 Å². The number of nitrogens with one attached hydrogen (secondary N) is 1. The fraction of sp³-hybridized carbons (Fsp3) is 0.278. The third-order valence-corrected chi connectivity index (χ3v) is 4.16. The quantitative estimate of drug-likeness (QED) is 0.861. The number of ether oxygens (including phenoxy) is 2. The molecule has 2 aromatic carbocycles. The Morgan fingerprint density at radius 1 is 1.23 bits per heavy atom. The van der Waals surface area contributed by atoms with Crippen molar-refractivity contribution in [3.8, 4) is 11.5 Å². The Bertz CT molecular complexity index is 793. The van der Waals surface area contributed by atoms with Crippen LogP contribution in [0.5, 0.6) is 11.5 Å². The second kappa shape index (κ2) is 7.45. The van der Waals surface area contributed by atoms with Crippen molar-refractivity contribution in [3.63, 3.8) is 0 Å². The molecule has 1 heterocycles. The number of hydrogen-bond acceptors (Lipinski definition) is 3. The largest absolute Gasteiger partial charge is 0.573 e. The minimum atomic E-state index is -4.73. The number of amides is 1. The molecule has 1 aliphatic rings. The van der Waals surface area contributed by atoms with Gasteiger partial charge in [-0.25, -0.2) is 0 Å².